The van der Waals surface area contributed by atoms with E-state index in [1.54, 1.807) is 11.1 Å². The Kier molecular flexibility index (Phi) is 5.89. The number of hydrogen-bond donors (Lipinski definition) is 0. The topological polar surface area (TPSA) is 3.24 Å². The third kappa shape index (κ3) is 3.13. The lowest BCUT2D eigenvalue weighted by Gasteiger charge is -2.53. The van der Waals surface area contributed by atoms with Gasteiger partial charge in [-0.05, 0) is 50.0 Å². The van der Waals surface area contributed by atoms with E-state index in [0.29, 0.717) is 10.8 Å². The molecule has 0 bridgehead atoms. The van der Waals surface area contributed by atoms with Crippen molar-refractivity contribution in [1.29, 1.82) is 0 Å². The maximum Gasteiger partial charge on any atom is 0.00496 e. The van der Waals surface area contributed by atoms with Crippen LogP contribution in [0.15, 0.2) is 11.1 Å². The highest BCUT2D eigenvalue weighted by Crippen LogP contribution is 2.53. The fourth-order valence-corrected chi connectivity index (χ4v) is 3.92. The molecule has 0 amide bonds. The highest BCUT2D eigenvalue weighted by atomic mass is 15.1. The second-order valence-corrected chi connectivity index (χ2v) is 7.73. The van der Waals surface area contributed by atoms with E-state index >= 15 is 0 Å². The van der Waals surface area contributed by atoms with Crippen LogP contribution < -0.4 is 0 Å². The quantitative estimate of drug-likeness (QED) is 0.599. The van der Waals surface area contributed by atoms with Crippen LogP contribution in [0.5, 0.6) is 0 Å². The summed E-state index contributed by atoms with van der Waals surface area (Å²) in [7, 11) is 2.29. The Labute approximate surface area is 127 Å². The molecule has 1 aliphatic rings. The van der Waals surface area contributed by atoms with Gasteiger partial charge < -0.3 is 4.90 Å². The van der Waals surface area contributed by atoms with E-state index in [1.165, 1.54) is 38.8 Å². The molecule has 1 heteroatoms. The van der Waals surface area contributed by atoms with Crippen molar-refractivity contribution < 1.29 is 0 Å². The van der Waals surface area contributed by atoms with Crippen molar-refractivity contribution in [2.24, 2.45) is 16.7 Å². The summed E-state index contributed by atoms with van der Waals surface area (Å²) >= 11 is 0. The van der Waals surface area contributed by atoms with Gasteiger partial charge in [0.1, 0.15) is 0 Å². The van der Waals surface area contributed by atoms with Gasteiger partial charge in [0.25, 0.3) is 0 Å². The van der Waals surface area contributed by atoms with Crippen LogP contribution >= 0.6 is 0 Å². The molecule has 118 valence electrons. The van der Waals surface area contributed by atoms with Crippen LogP contribution in [0.2, 0.25) is 0 Å². The molecular weight excluding hydrogens is 242 g/mol. The zero-order valence-corrected chi connectivity index (χ0v) is 15.3. The maximum absolute atomic E-state index is 2.54. The molecule has 1 aliphatic heterocycles. The van der Waals surface area contributed by atoms with E-state index in [9.17, 15) is 0 Å². The van der Waals surface area contributed by atoms with Gasteiger partial charge in [-0.3, -0.25) is 0 Å². The van der Waals surface area contributed by atoms with E-state index in [1.807, 2.05) is 0 Å². The first-order valence-electron chi connectivity index (χ1n) is 8.60. The third-order valence-electron chi connectivity index (χ3n) is 6.69. The van der Waals surface area contributed by atoms with Crippen molar-refractivity contribution in [3.05, 3.63) is 11.1 Å². The number of likely N-dealkylation sites (tertiary alicyclic amines) is 1. The Morgan fingerprint density at radius 2 is 1.75 bits per heavy atom. The van der Waals surface area contributed by atoms with E-state index in [2.05, 4.69) is 60.4 Å². The summed E-state index contributed by atoms with van der Waals surface area (Å²) < 4.78 is 0. The lowest BCUT2D eigenvalue weighted by atomic mass is 9.54. The molecule has 1 heterocycles. The monoisotopic (exact) mass is 279 g/mol. The normalized spacial score (nSPS) is 27.3. The second kappa shape index (κ2) is 6.64. The number of piperidine rings is 1. The maximum atomic E-state index is 2.54. The molecule has 1 rings (SSSR count). The van der Waals surface area contributed by atoms with Crippen molar-refractivity contribution >= 4 is 0 Å². The Morgan fingerprint density at radius 3 is 2.20 bits per heavy atom. The predicted octanol–water partition coefficient (Wildman–Crippen LogP) is 5.52. The Morgan fingerprint density at radius 1 is 1.15 bits per heavy atom. The molecule has 0 aromatic rings. The summed E-state index contributed by atoms with van der Waals surface area (Å²) in [6.07, 6.45) is 5.01. The first-order valence-corrected chi connectivity index (χ1v) is 8.60. The molecule has 0 radical (unpaired) electrons. The minimum absolute atomic E-state index is 0.391. The summed E-state index contributed by atoms with van der Waals surface area (Å²) in [6, 6.07) is 0. The van der Waals surface area contributed by atoms with Crippen LogP contribution in [-0.4, -0.2) is 25.0 Å². The molecule has 0 aromatic carbocycles. The average molecular weight is 280 g/mol. The largest absolute Gasteiger partial charge is 0.305 e. The fraction of sp³-hybridized carbons (Fsp3) is 0.895. The van der Waals surface area contributed by atoms with Gasteiger partial charge in [-0.1, -0.05) is 59.1 Å². The third-order valence-corrected chi connectivity index (χ3v) is 6.69. The van der Waals surface area contributed by atoms with Gasteiger partial charge in [0.15, 0.2) is 0 Å². The Balaban J connectivity index is 3.27. The highest BCUT2D eigenvalue weighted by Gasteiger charge is 2.47. The molecule has 20 heavy (non-hydrogen) atoms. The zero-order chi connectivity index (χ0) is 15.6. The summed E-state index contributed by atoms with van der Waals surface area (Å²) in [5.41, 5.74) is 4.21. The van der Waals surface area contributed by atoms with Gasteiger partial charge in [0.2, 0.25) is 0 Å². The SMILES string of the molecule is CC/C(C)=C1/CCN(C)CC1C(C)(CC)C(C)(C)CC. The molecule has 1 fully saturated rings. The molecule has 2 atom stereocenters. The van der Waals surface area contributed by atoms with Gasteiger partial charge >= 0.3 is 0 Å². The molecule has 0 aromatic heterocycles. The summed E-state index contributed by atoms with van der Waals surface area (Å²) in [6.45, 7) is 19.4. The summed E-state index contributed by atoms with van der Waals surface area (Å²) in [5, 5.41) is 0. The van der Waals surface area contributed by atoms with E-state index < -0.39 is 0 Å². The second-order valence-electron chi connectivity index (χ2n) is 7.73. The first-order chi connectivity index (χ1) is 9.23. The molecule has 1 nitrogen and oxygen atoms in total. The average Bonchev–Trinajstić information content (AvgIpc) is 2.45. The van der Waals surface area contributed by atoms with Crippen LogP contribution in [0.4, 0.5) is 0 Å². The van der Waals surface area contributed by atoms with E-state index in [4.69, 9.17) is 0 Å². The number of allylic oxidation sites excluding steroid dienone is 1. The molecule has 0 saturated carbocycles. The molecule has 0 N–H and O–H groups in total. The van der Waals surface area contributed by atoms with Crippen molar-refractivity contribution in [3.63, 3.8) is 0 Å². The minimum Gasteiger partial charge on any atom is -0.305 e. The van der Waals surface area contributed by atoms with Crippen LogP contribution in [-0.2, 0) is 0 Å². The number of hydrogen-bond acceptors (Lipinski definition) is 1. The summed E-state index contributed by atoms with van der Waals surface area (Å²) in [4.78, 5) is 2.54. The predicted molar refractivity (Wildman–Crippen MR) is 91.1 cm³/mol. The molecular formula is C19H37N. The number of nitrogens with zero attached hydrogens (tertiary/aromatic N) is 1. The minimum atomic E-state index is 0.391. The van der Waals surface area contributed by atoms with Gasteiger partial charge in [-0.25, -0.2) is 0 Å². The van der Waals surface area contributed by atoms with Gasteiger partial charge in [0, 0.05) is 13.1 Å². The summed E-state index contributed by atoms with van der Waals surface area (Å²) in [5.74, 6) is 0.723. The molecule has 0 spiro atoms. The standard InChI is InChI=1S/C19H37N/c1-9-15(4)16-12-13-20(8)14-17(16)19(7,11-3)18(5,6)10-2/h17H,9-14H2,1-8H3/b16-15-. The lowest BCUT2D eigenvalue weighted by Crippen LogP contribution is -2.49. The van der Waals surface area contributed by atoms with Gasteiger partial charge in [-0.15, -0.1) is 0 Å². The van der Waals surface area contributed by atoms with Crippen molar-refractivity contribution in [2.75, 3.05) is 20.1 Å². The van der Waals surface area contributed by atoms with Gasteiger partial charge in [-0.2, -0.15) is 0 Å². The first kappa shape index (κ1) is 17.8. The Bertz CT molecular complexity index is 353. The van der Waals surface area contributed by atoms with Crippen LogP contribution in [0.1, 0.15) is 74.1 Å². The van der Waals surface area contributed by atoms with Crippen molar-refractivity contribution in [2.45, 2.75) is 74.1 Å². The number of rotatable bonds is 5. The smallest absolute Gasteiger partial charge is 0.00496 e. The lowest BCUT2D eigenvalue weighted by molar-refractivity contribution is 0.00370. The fourth-order valence-electron chi connectivity index (χ4n) is 3.92. The van der Waals surface area contributed by atoms with Crippen LogP contribution in [0.3, 0.4) is 0 Å². The molecule has 1 saturated heterocycles. The Hall–Kier alpha value is -0.300. The van der Waals surface area contributed by atoms with Crippen LogP contribution in [0.25, 0.3) is 0 Å². The highest BCUT2D eigenvalue weighted by molar-refractivity contribution is 5.22. The van der Waals surface area contributed by atoms with E-state index in [-0.39, 0.29) is 0 Å². The van der Waals surface area contributed by atoms with Crippen molar-refractivity contribution in [3.8, 4) is 0 Å². The van der Waals surface area contributed by atoms with E-state index in [0.717, 1.165) is 5.92 Å². The van der Waals surface area contributed by atoms with Gasteiger partial charge in [0.05, 0.1) is 0 Å². The molecule has 2 unspecified atom stereocenters. The van der Waals surface area contributed by atoms with Crippen LogP contribution in [0, 0.1) is 16.7 Å². The zero-order valence-electron chi connectivity index (χ0n) is 15.3. The molecule has 0 aliphatic carbocycles. The van der Waals surface area contributed by atoms with Crippen molar-refractivity contribution in [1.82, 2.24) is 4.90 Å².